The van der Waals surface area contributed by atoms with Gasteiger partial charge in [0, 0.05) is 38.2 Å². The van der Waals surface area contributed by atoms with Crippen molar-refractivity contribution < 1.29 is 4.74 Å². The molecule has 110 valence electrons. The highest BCUT2D eigenvalue weighted by molar-refractivity contribution is 5.55. The molecule has 2 aliphatic heterocycles. The zero-order valence-corrected chi connectivity index (χ0v) is 12.2. The first-order valence-corrected chi connectivity index (χ1v) is 7.82. The van der Waals surface area contributed by atoms with Crippen LogP contribution in [0.1, 0.15) is 17.8 Å². The first-order valence-electron chi connectivity index (χ1n) is 7.82. The Labute approximate surface area is 125 Å². The smallest absolute Gasteiger partial charge is 0.137 e. The summed E-state index contributed by atoms with van der Waals surface area (Å²) >= 11 is 0. The van der Waals surface area contributed by atoms with Crippen LogP contribution in [0.4, 0.5) is 0 Å². The average Bonchev–Trinajstić information content (AvgIpc) is 3.17. The van der Waals surface area contributed by atoms with Gasteiger partial charge in [-0.05, 0) is 12.3 Å². The molecule has 3 heterocycles. The number of hydrogen-bond donors (Lipinski definition) is 1. The number of aromatic amines is 1. The largest absolute Gasteiger partial charge is 0.381 e. The second kappa shape index (κ2) is 5.62. The van der Waals surface area contributed by atoms with E-state index in [9.17, 15) is 0 Å². The highest BCUT2D eigenvalue weighted by Crippen LogP contribution is 2.24. The van der Waals surface area contributed by atoms with E-state index < -0.39 is 0 Å². The Morgan fingerprint density at radius 2 is 2.19 bits per heavy atom. The maximum atomic E-state index is 5.48. The van der Waals surface area contributed by atoms with Gasteiger partial charge in [0.1, 0.15) is 5.82 Å². The fourth-order valence-corrected chi connectivity index (χ4v) is 3.33. The van der Waals surface area contributed by atoms with Crippen molar-refractivity contribution in [2.24, 2.45) is 5.92 Å². The Morgan fingerprint density at radius 1 is 1.29 bits per heavy atom. The molecule has 1 saturated heterocycles. The molecule has 0 bridgehead atoms. The molecule has 1 atom stereocenters. The van der Waals surface area contributed by atoms with E-state index in [1.165, 1.54) is 23.4 Å². The van der Waals surface area contributed by atoms with Crippen LogP contribution in [-0.2, 0) is 17.7 Å². The van der Waals surface area contributed by atoms with Crippen LogP contribution in [0.15, 0.2) is 30.3 Å². The van der Waals surface area contributed by atoms with Crippen LogP contribution in [0, 0.1) is 5.92 Å². The highest BCUT2D eigenvalue weighted by Gasteiger charge is 2.24. The summed E-state index contributed by atoms with van der Waals surface area (Å²) < 4.78 is 5.48. The van der Waals surface area contributed by atoms with Gasteiger partial charge in [-0.2, -0.15) is 0 Å². The summed E-state index contributed by atoms with van der Waals surface area (Å²) in [5, 5.41) is 0. The SMILES string of the molecule is c1ccc(-c2nc3c([nH]2)CN(C[C@@H]2CCOC2)CC3)cc1. The lowest BCUT2D eigenvalue weighted by Crippen LogP contribution is -2.34. The van der Waals surface area contributed by atoms with E-state index in [0.29, 0.717) is 5.92 Å². The van der Waals surface area contributed by atoms with Gasteiger partial charge in [0.2, 0.25) is 0 Å². The highest BCUT2D eigenvalue weighted by atomic mass is 16.5. The van der Waals surface area contributed by atoms with E-state index in [-0.39, 0.29) is 0 Å². The van der Waals surface area contributed by atoms with Crippen molar-refractivity contribution in [1.29, 1.82) is 0 Å². The molecule has 4 heteroatoms. The van der Waals surface area contributed by atoms with Gasteiger partial charge in [-0.15, -0.1) is 0 Å². The number of nitrogens with one attached hydrogen (secondary N) is 1. The summed E-state index contributed by atoms with van der Waals surface area (Å²) in [6.45, 7) is 5.13. The Balaban J connectivity index is 1.49. The first-order chi connectivity index (χ1) is 10.4. The molecule has 0 radical (unpaired) electrons. The Hall–Kier alpha value is -1.65. The van der Waals surface area contributed by atoms with Crippen LogP contribution in [0.3, 0.4) is 0 Å². The van der Waals surface area contributed by atoms with Crippen molar-refractivity contribution in [2.75, 3.05) is 26.3 Å². The molecule has 1 aromatic heterocycles. The quantitative estimate of drug-likeness (QED) is 0.941. The van der Waals surface area contributed by atoms with Crippen molar-refractivity contribution in [3.8, 4) is 11.4 Å². The second-order valence-corrected chi connectivity index (χ2v) is 6.09. The van der Waals surface area contributed by atoms with Crippen molar-refractivity contribution in [1.82, 2.24) is 14.9 Å². The molecular formula is C17H21N3O. The number of nitrogens with zero attached hydrogens (tertiary/aromatic N) is 2. The fraction of sp³-hybridized carbons (Fsp3) is 0.471. The molecule has 4 rings (SSSR count). The molecule has 0 spiro atoms. The van der Waals surface area contributed by atoms with E-state index in [2.05, 4.69) is 34.1 Å². The van der Waals surface area contributed by atoms with Gasteiger partial charge in [0.25, 0.3) is 0 Å². The summed E-state index contributed by atoms with van der Waals surface area (Å²) in [6, 6.07) is 10.4. The minimum Gasteiger partial charge on any atom is -0.381 e. The van der Waals surface area contributed by atoms with E-state index in [0.717, 1.165) is 45.1 Å². The Bertz CT molecular complexity index is 602. The van der Waals surface area contributed by atoms with Crippen molar-refractivity contribution in [2.45, 2.75) is 19.4 Å². The van der Waals surface area contributed by atoms with E-state index >= 15 is 0 Å². The maximum Gasteiger partial charge on any atom is 0.137 e. The summed E-state index contributed by atoms with van der Waals surface area (Å²) in [7, 11) is 0. The normalized spacial score (nSPS) is 22.4. The van der Waals surface area contributed by atoms with Gasteiger partial charge >= 0.3 is 0 Å². The minimum absolute atomic E-state index is 0.711. The Kier molecular flexibility index (Phi) is 3.49. The third-order valence-electron chi connectivity index (χ3n) is 4.50. The monoisotopic (exact) mass is 283 g/mol. The van der Waals surface area contributed by atoms with E-state index in [1.54, 1.807) is 0 Å². The average molecular weight is 283 g/mol. The van der Waals surface area contributed by atoms with Crippen molar-refractivity contribution >= 4 is 0 Å². The van der Waals surface area contributed by atoms with Crippen LogP contribution in [0.5, 0.6) is 0 Å². The van der Waals surface area contributed by atoms with Gasteiger partial charge in [-0.1, -0.05) is 30.3 Å². The van der Waals surface area contributed by atoms with Crippen LogP contribution in [0.2, 0.25) is 0 Å². The predicted molar refractivity (Wildman–Crippen MR) is 81.9 cm³/mol. The summed E-state index contributed by atoms with van der Waals surface area (Å²) in [4.78, 5) is 10.8. The first kappa shape index (κ1) is 13.0. The zero-order valence-electron chi connectivity index (χ0n) is 12.2. The standard InChI is InChI=1S/C17H21N3O/c1-2-4-14(5-3-1)17-18-15-6-8-20(11-16(15)19-17)10-13-7-9-21-12-13/h1-5,13H,6-12H2,(H,18,19)/t13-/m0/s1. The number of rotatable bonds is 3. The summed E-state index contributed by atoms with van der Waals surface area (Å²) in [5.74, 6) is 1.72. The van der Waals surface area contributed by atoms with Gasteiger partial charge < -0.3 is 9.72 Å². The van der Waals surface area contributed by atoms with E-state index in [1.807, 2.05) is 6.07 Å². The number of hydrogen-bond acceptors (Lipinski definition) is 3. The number of ether oxygens (including phenoxy) is 1. The number of imidazole rings is 1. The molecule has 0 unspecified atom stereocenters. The summed E-state index contributed by atoms with van der Waals surface area (Å²) in [5.41, 5.74) is 3.70. The summed E-state index contributed by atoms with van der Waals surface area (Å²) in [6.07, 6.45) is 2.26. The molecular weight excluding hydrogens is 262 g/mol. The Morgan fingerprint density at radius 3 is 3.00 bits per heavy atom. The molecule has 0 saturated carbocycles. The molecule has 2 aromatic rings. The number of H-pyrrole nitrogens is 1. The van der Waals surface area contributed by atoms with Crippen LogP contribution in [-0.4, -0.2) is 41.2 Å². The maximum absolute atomic E-state index is 5.48. The predicted octanol–water partition coefficient (Wildman–Crippen LogP) is 2.47. The van der Waals surface area contributed by atoms with Crippen LogP contribution in [0.25, 0.3) is 11.4 Å². The van der Waals surface area contributed by atoms with Gasteiger partial charge in [-0.3, -0.25) is 4.90 Å². The number of benzene rings is 1. The van der Waals surface area contributed by atoms with Gasteiger partial charge in [-0.25, -0.2) is 4.98 Å². The third kappa shape index (κ3) is 2.74. The third-order valence-corrected chi connectivity index (χ3v) is 4.50. The molecule has 21 heavy (non-hydrogen) atoms. The van der Waals surface area contributed by atoms with Crippen LogP contribution < -0.4 is 0 Å². The molecule has 1 aromatic carbocycles. The lowest BCUT2D eigenvalue weighted by atomic mass is 10.1. The number of aromatic nitrogens is 2. The van der Waals surface area contributed by atoms with Crippen molar-refractivity contribution in [3.05, 3.63) is 41.7 Å². The minimum atomic E-state index is 0.711. The molecule has 0 amide bonds. The van der Waals surface area contributed by atoms with Gasteiger partial charge in [0.15, 0.2) is 0 Å². The zero-order chi connectivity index (χ0) is 14.1. The molecule has 1 N–H and O–H groups in total. The molecule has 4 nitrogen and oxygen atoms in total. The van der Waals surface area contributed by atoms with Gasteiger partial charge in [0.05, 0.1) is 18.0 Å². The number of fused-ring (bicyclic) bond motifs is 1. The lowest BCUT2D eigenvalue weighted by Gasteiger charge is -2.27. The molecule has 0 aliphatic carbocycles. The van der Waals surface area contributed by atoms with Crippen molar-refractivity contribution in [3.63, 3.8) is 0 Å². The topological polar surface area (TPSA) is 41.2 Å². The molecule has 1 fully saturated rings. The second-order valence-electron chi connectivity index (χ2n) is 6.09. The van der Waals surface area contributed by atoms with Crippen LogP contribution >= 0.6 is 0 Å². The molecule has 2 aliphatic rings. The lowest BCUT2D eigenvalue weighted by molar-refractivity contribution is 0.161. The van der Waals surface area contributed by atoms with E-state index in [4.69, 9.17) is 9.72 Å². The fourth-order valence-electron chi connectivity index (χ4n) is 3.33.